The summed E-state index contributed by atoms with van der Waals surface area (Å²) in [6.07, 6.45) is 1.50. The van der Waals surface area contributed by atoms with Gasteiger partial charge in [0, 0.05) is 22.3 Å². The van der Waals surface area contributed by atoms with E-state index in [2.05, 4.69) is 21.2 Å². The Hall–Kier alpha value is -0.530. The van der Waals surface area contributed by atoms with Gasteiger partial charge in [-0.1, -0.05) is 13.8 Å². The Morgan fingerprint density at radius 1 is 1.47 bits per heavy atom. The number of carbonyl (C=O) groups excluding carboxylic acids is 1. The highest BCUT2D eigenvalue weighted by molar-refractivity contribution is 9.10. The molecule has 1 aromatic heterocycles. The molecule has 0 aromatic carbocycles. The van der Waals surface area contributed by atoms with Gasteiger partial charge in [-0.25, -0.2) is 8.42 Å². The first-order valence-corrected chi connectivity index (χ1v) is 8.79. The molecular weight excluding hydrogens is 358 g/mol. The Morgan fingerprint density at radius 3 is 2.37 bits per heavy atom. The Balaban J connectivity index is 3.03. The number of hydrogen-bond donors (Lipinski definition) is 1. The van der Waals surface area contributed by atoms with Crippen LogP contribution in [0.5, 0.6) is 0 Å². The highest BCUT2D eigenvalue weighted by Crippen LogP contribution is 2.29. The van der Waals surface area contributed by atoms with Crippen LogP contribution in [0.2, 0.25) is 0 Å². The van der Waals surface area contributed by atoms with Gasteiger partial charge >= 0.3 is 0 Å². The molecule has 0 fully saturated rings. The van der Waals surface area contributed by atoms with E-state index in [1.165, 1.54) is 0 Å². The van der Waals surface area contributed by atoms with Crippen LogP contribution in [0.4, 0.5) is 0 Å². The smallest absolute Gasteiger partial charge is 0.287 e. The molecule has 1 heterocycles. The highest BCUT2D eigenvalue weighted by Gasteiger charge is 2.27. The molecule has 1 aromatic rings. The maximum atomic E-state index is 12.0. The SMILES string of the molecule is CCC(C)(CC)NC(=O)c1cc(S(=O)(=O)Cl)c(Br)o1. The lowest BCUT2D eigenvalue weighted by Crippen LogP contribution is -2.44. The van der Waals surface area contributed by atoms with Gasteiger partial charge in [-0.3, -0.25) is 4.79 Å². The van der Waals surface area contributed by atoms with Crippen LogP contribution < -0.4 is 5.32 Å². The topological polar surface area (TPSA) is 76.4 Å². The minimum Gasteiger partial charge on any atom is -0.443 e. The molecule has 0 saturated heterocycles. The summed E-state index contributed by atoms with van der Waals surface area (Å²) in [5.41, 5.74) is -0.365. The van der Waals surface area contributed by atoms with Gasteiger partial charge in [0.05, 0.1) is 0 Å². The van der Waals surface area contributed by atoms with Gasteiger partial charge in [-0.2, -0.15) is 0 Å². The Labute approximate surface area is 125 Å². The standard InChI is InChI=1S/C11H15BrClNO4S/c1-4-11(3,5-2)14-10(15)7-6-8(9(12)18-7)19(13,16)17/h6H,4-5H2,1-3H3,(H,14,15). The fourth-order valence-corrected chi connectivity index (χ4v) is 3.43. The minimum absolute atomic E-state index is 0.0812. The fraction of sp³-hybridized carbons (Fsp3) is 0.545. The number of halogens is 2. The van der Waals surface area contributed by atoms with Crippen LogP contribution in [0.25, 0.3) is 0 Å². The molecule has 19 heavy (non-hydrogen) atoms. The zero-order chi connectivity index (χ0) is 14.8. The van der Waals surface area contributed by atoms with Crippen LogP contribution in [0.15, 0.2) is 20.0 Å². The molecule has 0 bridgehead atoms. The van der Waals surface area contributed by atoms with Gasteiger partial charge < -0.3 is 9.73 Å². The van der Waals surface area contributed by atoms with E-state index in [0.717, 1.165) is 18.9 Å². The molecule has 1 amide bonds. The first-order chi connectivity index (χ1) is 8.63. The van der Waals surface area contributed by atoms with Gasteiger partial charge in [-0.05, 0) is 35.7 Å². The lowest BCUT2D eigenvalue weighted by Gasteiger charge is -2.27. The molecule has 5 nitrogen and oxygen atoms in total. The largest absolute Gasteiger partial charge is 0.443 e. The van der Waals surface area contributed by atoms with Crippen molar-refractivity contribution in [3.8, 4) is 0 Å². The number of nitrogens with one attached hydrogen (secondary N) is 1. The zero-order valence-electron chi connectivity index (χ0n) is 10.8. The second kappa shape index (κ2) is 5.85. The van der Waals surface area contributed by atoms with Gasteiger partial charge in [0.15, 0.2) is 10.4 Å². The monoisotopic (exact) mass is 371 g/mol. The summed E-state index contributed by atoms with van der Waals surface area (Å²) in [4.78, 5) is 11.8. The van der Waals surface area contributed by atoms with Crippen molar-refractivity contribution in [3.05, 3.63) is 16.5 Å². The number of carbonyl (C=O) groups is 1. The van der Waals surface area contributed by atoms with Gasteiger partial charge in [0.2, 0.25) is 0 Å². The molecule has 0 unspecified atom stereocenters. The summed E-state index contributed by atoms with van der Waals surface area (Å²) in [5, 5.41) is 2.81. The van der Waals surface area contributed by atoms with E-state index in [1.807, 2.05) is 20.8 Å². The zero-order valence-corrected chi connectivity index (χ0v) is 13.9. The molecule has 0 atom stereocenters. The van der Waals surface area contributed by atoms with Crippen molar-refractivity contribution in [1.82, 2.24) is 5.32 Å². The summed E-state index contributed by atoms with van der Waals surface area (Å²) < 4.78 is 27.5. The summed E-state index contributed by atoms with van der Waals surface area (Å²) in [5.74, 6) is -0.572. The molecule has 0 saturated carbocycles. The number of hydrogen-bond acceptors (Lipinski definition) is 4. The minimum atomic E-state index is -3.95. The maximum absolute atomic E-state index is 12.0. The van der Waals surface area contributed by atoms with E-state index in [4.69, 9.17) is 15.1 Å². The second-order valence-electron chi connectivity index (χ2n) is 4.41. The molecular formula is C11H15BrClNO4S. The van der Waals surface area contributed by atoms with E-state index in [0.29, 0.717) is 0 Å². The lowest BCUT2D eigenvalue weighted by molar-refractivity contribution is 0.0871. The quantitative estimate of drug-likeness (QED) is 0.805. The molecule has 0 aliphatic heterocycles. The van der Waals surface area contributed by atoms with Gasteiger partial charge in [-0.15, -0.1) is 0 Å². The Morgan fingerprint density at radius 2 is 2.00 bits per heavy atom. The van der Waals surface area contributed by atoms with Crippen molar-refractivity contribution in [1.29, 1.82) is 0 Å². The average molecular weight is 373 g/mol. The third kappa shape index (κ3) is 3.97. The molecule has 0 radical (unpaired) electrons. The lowest BCUT2D eigenvalue weighted by atomic mass is 9.95. The van der Waals surface area contributed by atoms with Crippen molar-refractivity contribution >= 4 is 41.6 Å². The summed E-state index contributed by atoms with van der Waals surface area (Å²) in [6, 6.07) is 1.10. The van der Waals surface area contributed by atoms with Gasteiger partial charge in [0.1, 0.15) is 4.90 Å². The Bertz CT molecular complexity index is 578. The predicted molar refractivity (Wildman–Crippen MR) is 75.9 cm³/mol. The number of rotatable bonds is 5. The molecule has 0 aliphatic carbocycles. The molecule has 108 valence electrons. The van der Waals surface area contributed by atoms with Crippen molar-refractivity contribution in [3.63, 3.8) is 0 Å². The highest BCUT2D eigenvalue weighted by atomic mass is 79.9. The summed E-state index contributed by atoms with van der Waals surface area (Å²) in [6.45, 7) is 5.81. The summed E-state index contributed by atoms with van der Waals surface area (Å²) >= 11 is 2.92. The maximum Gasteiger partial charge on any atom is 0.287 e. The van der Waals surface area contributed by atoms with E-state index in [1.54, 1.807) is 0 Å². The van der Waals surface area contributed by atoms with E-state index < -0.39 is 15.0 Å². The Kier molecular flexibility index (Phi) is 5.08. The second-order valence-corrected chi connectivity index (χ2v) is 7.66. The third-order valence-corrected chi connectivity index (χ3v) is 5.30. The van der Waals surface area contributed by atoms with Crippen LogP contribution in [0.1, 0.15) is 44.2 Å². The van der Waals surface area contributed by atoms with Crippen molar-refractivity contribution < 1.29 is 17.6 Å². The van der Waals surface area contributed by atoms with Crippen LogP contribution in [-0.2, 0) is 9.05 Å². The molecule has 1 rings (SSSR count). The van der Waals surface area contributed by atoms with Crippen LogP contribution in [-0.4, -0.2) is 19.9 Å². The first-order valence-electron chi connectivity index (χ1n) is 5.69. The first kappa shape index (κ1) is 16.5. The van der Waals surface area contributed by atoms with Gasteiger partial charge in [0.25, 0.3) is 15.0 Å². The average Bonchev–Trinajstić information content (AvgIpc) is 2.71. The van der Waals surface area contributed by atoms with Crippen molar-refractivity contribution in [2.24, 2.45) is 0 Å². The van der Waals surface area contributed by atoms with Crippen molar-refractivity contribution in [2.45, 2.75) is 44.0 Å². The molecule has 0 aliphatic rings. The van der Waals surface area contributed by atoms with Crippen LogP contribution in [0, 0.1) is 0 Å². The molecule has 0 spiro atoms. The van der Waals surface area contributed by atoms with E-state index in [-0.39, 0.29) is 20.9 Å². The molecule has 8 heteroatoms. The van der Waals surface area contributed by atoms with Crippen LogP contribution >= 0.6 is 26.6 Å². The van der Waals surface area contributed by atoms with E-state index >= 15 is 0 Å². The number of amides is 1. The fourth-order valence-electron chi connectivity index (χ4n) is 1.39. The summed E-state index contributed by atoms with van der Waals surface area (Å²) in [7, 11) is 1.27. The normalized spacial score (nSPS) is 12.5. The van der Waals surface area contributed by atoms with Crippen LogP contribution in [0.3, 0.4) is 0 Å². The third-order valence-electron chi connectivity index (χ3n) is 3.12. The predicted octanol–water partition coefficient (Wildman–Crippen LogP) is 3.28. The number of furan rings is 1. The van der Waals surface area contributed by atoms with E-state index in [9.17, 15) is 13.2 Å². The molecule has 1 N–H and O–H groups in total. The van der Waals surface area contributed by atoms with Crippen molar-refractivity contribution in [2.75, 3.05) is 0 Å².